The highest BCUT2D eigenvalue weighted by Gasteiger charge is 2.50. The minimum atomic E-state index is -0.463. The van der Waals surface area contributed by atoms with Gasteiger partial charge in [0, 0.05) is 13.5 Å². The van der Waals surface area contributed by atoms with Crippen LogP contribution in [0.1, 0.15) is 32.1 Å². The summed E-state index contributed by atoms with van der Waals surface area (Å²) < 4.78 is 22.7. The van der Waals surface area contributed by atoms with E-state index < -0.39 is 5.79 Å². The second kappa shape index (κ2) is 4.26. The van der Waals surface area contributed by atoms with Crippen LogP contribution in [0.4, 0.5) is 0 Å². The van der Waals surface area contributed by atoms with E-state index in [4.69, 9.17) is 18.9 Å². The number of rotatable bonds is 4. The first-order valence-electron chi connectivity index (χ1n) is 6.27. The van der Waals surface area contributed by atoms with Crippen molar-refractivity contribution >= 4 is 0 Å². The molecule has 0 aromatic carbocycles. The monoisotopic (exact) mass is 228 g/mol. The number of ether oxygens (including phenoxy) is 4. The summed E-state index contributed by atoms with van der Waals surface area (Å²) in [6, 6.07) is 0. The van der Waals surface area contributed by atoms with Crippen LogP contribution in [0.5, 0.6) is 0 Å². The Balaban J connectivity index is 1.54. The van der Waals surface area contributed by atoms with Gasteiger partial charge in [-0.2, -0.15) is 0 Å². The van der Waals surface area contributed by atoms with E-state index >= 15 is 0 Å². The predicted molar refractivity (Wildman–Crippen MR) is 56.9 cm³/mol. The predicted octanol–water partition coefficient (Wildman–Crippen LogP) is 1.68. The lowest BCUT2D eigenvalue weighted by Crippen LogP contribution is -2.44. The summed E-state index contributed by atoms with van der Waals surface area (Å²) in [6.45, 7) is 1.39. The van der Waals surface area contributed by atoms with E-state index in [0.717, 1.165) is 25.4 Å². The minimum absolute atomic E-state index is 0.0722. The van der Waals surface area contributed by atoms with Crippen LogP contribution in [-0.4, -0.2) is 38.5 Å². The van der Waals surface area contributed by atoms with Gasteiger partial charge < -0.3 is 18.9 Å². The van der Waals surface area contributed by atoms with Crippen molar-refractivity contribution in [2.24, 2.45) is 5.92 Å². The van der Waals surface area contributed by atoms with Gasteiger partial charge >= 0.3 is 0 Å². The molecule has 4 heteroatoms. The van der Waals surface area contributed by atoms with Crippen LogP contribution in [0.15, 0.2) is 0 Å². The number of hydrogen-bond donors (Lipinski definition) is 0. The number of hydrogen-bond acceptors (Lipinski definition) is 4. The molecule has 3 atom stereocenters. The average Bonchev–Trinajstić information content (AvgIpc) is 2.56. The molecule has 0 N–H and O–H groups in total. The van der Waals surface area contributed by atoms with Crippen LogP contribution < -0.4 is 0 Å². The maximum atomic E-state index is 5.96. The fourth-order valence-electron chi connectivity index (χ4n) is 2.61. The van der Waals surface area contributed by atoms with Crippen molar-refractivity contribution in [1.82, 2.24) is 0 Å². The Morgan fingerprint density at radius 2 is 2.19 bits per heavy atom. The van der Waals surface area contributed by atoms with Gasteiger partial charge in [0.25, 0.3) is 0 Å². The van der Waals surface area contributed by atoms with Gasteiger partial charge in [-0.1, -0.05) is 6.42 Å². The van der Waals surface area contributed by atoms with Crippen LogP contribution in [0.2, 0.25) is 0 Å². The smallest absolute Gasteiger partial charge is 0.195 e. The van der Waals surface area contributed by atoms with Gasteiger partial charge in [0.1, 0.15) is 12.7 Å². The molecule has 0 aromatic rings. The quantitative estimate of drug-likeness (QED) is 0.733. The Labute approximate surface area is 96.2 Å². The Hall–Kier alpha value is -0.160. The van der Waals surface area contributed by atoms with Crippen LogP contribution >= 0.6 is 0 Å². The summed E-state index contributed by atoms with van der Waals surface area (Å²) in [7, 11) is 1.71. The molecule has 2 bridgehead atoms. The molecule has 0 radical (unpaired) electrons. The first-order valence-corrected chi connectivity index (χ1v) is 6.27. The highest BCUT2D eigenvalue weighted by molar-refractivity contribution is 4.87. The van der Waals surface area contributed by atoms with Gasteiger partial charge in [-0.25, -0.2) is 0 Å². The van der Waals surface area contributed by atoms with Gasteiger partial charge in [-0.3, -0.25) is 0 Å². The third-order valence-corrected chi connectivity index (χ3v) is 4.02. The van der Waals surface area contributed by atoms with Crippen molar-refractivity contribution in [2.45, 2.75) is 50.3 Å². The molecule has 2 heterocycles. The van der Waals surface area contributed by atoms with Gasteiger partial charge in [0.15, 0.2) is 12.1 Å². The Morgan fingerprint density at radius 1 is 1.31 bits per heavy atom. The molecule has 92 valence electrons. The molecular formula is C12H20O4. The Kier molecular flexibility index (Phi) is 2.92. The molecule has 3 aliphatic rings. The molecule has 0 amide bonds. The van der Waals surface area contributed by atoms with Crippen LogP contribution in [0.3, 0.4) is 0 Å². The van der Waals surface area contributed by atoms with Gasteiger partial charge in [0.2, 0.25) is 0 Å². The van der Waals surface area contributed by atoms with Crippen molar-refractivity contribution < 1.29 is 18.9 Å². The van der Waals surface area contributed by atoms with Crippen molar-refractivity contribution in [3.8, 4) is 0 Å². The highest BCUT2D eigenvalue weighted by Crippen LogP contribution is 2.39. The van der Waals surface area contributed by atoms with Crippen LogP contribution in [0.25, 0.3) is 0 Å². The fourth-order valence-corrected chi connectivity index (χ4v) is 2.61. The second-order valence-electron chi connectivity index (χ2n) is 5.13. The fraction of sp³-hybridized carbons (Fsp3) is 1.00. The number of methoxy groups -OCH3 is 1. The zero-order valence-corrected chi connectivity index (χ0v) is 9.81. The standard InChI is InChI=1S/C12H20O4/c1-13-10-5-6-12(8-14-11(10)16-12)15-7-9-3-2-4-9/h9-11H,2-8H2,1H3/t10-,11?,12-/m1/s1. The molecule has 2 saturated heterocycles. The molecule has 1 unspecified atom stereocenters. The molecule has 0 spiro atoms. The van der Waals surface area contributed by atoms with Gasteiger partial charge in [0.05, 0.1) is 6.61 Å². The van der Waals surface area contributed by atoms with E-state index in [-0.39, 0.29) is 12.4 Å². The van der Waals surface area contributed by atoms with Gasteiger partial charge in [-0.05, 0) is 25.2 Å². The van der Waals surface area contributed by atoms with Crippen molar-refractivity contribution in [3.63, 3.8) is 0 Å². The normalized spacial score (nSPS) is 43.3. The first kappa shape index (κ1) is 11.0. The maximum Gasteiger partial charge on any atom is 0.195 e. The van der Waals surface area contributed by atoms with E-state index in [0.29, 0.717) is 6.61 Å². The lowest BCUT2D eigenvalue weighted by atomic mass is 9.86. The molecule has 4 nitrogen and oxygen atoms in total. The zero-order valence-electron chi connectivity index (χ0n) is 9.81. The molecular weight excluding hydrogens is 208 g/mol. The average molecular weight is 228 g/mol. The lowest BCUT2D eigenvalue weighted by molar-refractivity contribution is -0.277. The largest absolute Gasteiger partial charge is 0.376 e. The summed E-state index contributed by atoms with van der Waals surface area (Å²) in [6.07, 6.45) is 5.66. The molecule has 2 aliphatic heterocycles. The molecule has 3 rings (SSSR count). The van der Waals surface area contributed by atoms with E-state index in [2.05, 4.69) is 0 Å². The first-order chi connectivity index (χ1) is 7.81. The van der Waals surface area contributed by atoms with Crippen molar-refractivity contribution in [2.75, 3.05) is 20.3 Å². The summed E-state index contributed by atoms with van der Waals surface area (Å²) in [5.41, 5.74) is 0. The van der Waals surface area contributed by atoms with Crippen molar-refractivity contribution in [3.05, 3.63) is 0 Å². The third-order valence-electron chi connectivity index (χ3n) is 4.02. The third kappa shape index (κ3) is 1.88. The molecule has 1 aliphatic carbocycles. The molecule has 0 aromatic heterocycles. The van der Waals surface area contributed by atoms with Crippen molar-refractivity contribution in [1.29, 1.82) is 0 Å². The van der Waals surface area contributed by atoms with E-state index in [9.17, 15) is 0 Å². The number of fused-ring (bicyclic) bond motifs is 2. The Bertz CT molecular complexity index is 253. The summed E-state index contributed by atoms with van der Waals surface area (Å²) in [4.78, 5) is 0. The second-order valence-corrected chi connectivity index (χ2v) is 5.13. The highest BCUT2D eigenvalue weighted by atomic mass is 16.8. The SMILES string of the molecule is CO[C@@H]1CC[C@]2(OCC3CCC3)COC1O2. The maximum absolute atomic E-state index is 5.96. The summed E-state index contributed by atoms with van der Waals surface area (Å²) in [5, 5.41) is 0. The van der Waals surface area contributed by atoms with E-state index in [1.54, 1.807) is 7.11 Å². The molecule has 16 heavy (non-hydrogen) atoms. The Morgan fingerprint density at radius 3 is 2.88 bits per heavy atom. The van der Waals surface area contributed by atoms with Crippen LogP contribution in [-0.2, 0) is 18.9 Å². The molecule has 1 saturated carbocycles. The van der Waals surface area contributed by atoms with Gasteiger partial charge in [-0.15, -0.1) is 0 Å². The van der Waals surface area contributed by atoms with E-state index in [1.807, 2.05) is 0 Å². The van der Waals surface area contributed by atoms with Crippen LogP contribution in [0, 0.1) is 5.92 Å². The van der Waals surface area contributed by atoms with E-state index in [1.165, 1.54) is 19.3 Å². The minimum Gasteiger partial charge on any atom is -0.376 e. The molecule has 3 fully saturated rings. The summed E-state index contributed by atoms with van der Waals surface area (Å²) >= 11 is 0. The summed E-state index contributed by atoms with van der Waals surface area (Å²) in [5.74, 6) is 0.284. The zero-order chi connectivity index (χ0) is 11.0. The lowest BCUT2D eigenvalue weighted by Gasteiger charge is -2.36. The topological polar surface area (TPSA) is 36.9 Å².